The molecule has 2 rings (SSSR count). The molecule has 4 nitrogen and oxygen atoms in total. The molecule has 2 amide bonds. The van der Waals surface area contributed by atoms with Crippen molar-refractivity contribution in [1.29, 1.82) is 0 Å². The third-order valence-corrected chi connectivity index (χ3v) is 4.55. The van der Waals surface area contributed by atoms with Gasteiger partial charge in [-0.1, -0.05) is 32.0 Å². The van der Waals surface area contributed by atoms with Crippen LogP contribution in [0.15, 0.2) is 30.3 Å². The Kier molecular flexibility index (Phi) is 5.99. The van der Waals surface area contributed by atoms with Crippen LogP contribution in [0.5, 0.6) is 0 Å². The first-order chi connectivity index (χ1) is 10.7. The molecular formula is C18H26N2O2. The predicted octanol–water partition coefficient (Wildman–Crippen LogP) is 3.30. The molecule has 1 heterocycles. The molecule has 1 fully saturated rings. The zero-order valence-corrected chi connectivity index (χ0v) is 13.5. The van der Waals surface area contributed by atoms with Gasteiger partial charge in [-0.25, -0.2) is 0 Å². The average Bonchev–Trinajstić information content (AvgIpc) is 2.57. The SMILES string of the molecule is CCC(CC)C(=O)N1CCC(C(=O)Nc2ccccc2)CC1. The minimum absolute atomic E-state index is 0.00552. The lowest BCUT2D eigenvalue weighted by Gasteiger charge is -2.33. The van der Waals surface area contributed by atoms with Crippen molar-refractivity contribution in [2.24, 2.45) is 11.8 Å². The minimum atomic E-state index is 0.00552. The highest BCUT2D eigenvalue weighted by molar-refractivity contribution is 5.92. The number of hydrogen-bond donors (Lipinski definition) is 1. The molecule has 1 aliphatic heterocycles. The monoisotopic (exact) mass is 302 g/mol. The van der Waals surface area contributed by atoms with Gasteiger partial charge in [0, 0.05) is 30.6 Å². The van der Waals surface area contributed by atoms with Gasteiger partial charge in [0.25, 0.3) is 0 Å². The summed E-state index contributed by atoms with van der Waals surface area (Å²) in [6.45, 7) is 5.52. The summed E-state index contributed by atoms with van der Waals surface area (Å²) < 4.78 is 0. The van der Waals surface area contributed by atoms with Gasteiger partial charge in [0.05, 0.1) is 0 Å². The van der Waals surface area contributed by atoms with Gasteiger partial charge >= 0.3 is 0 Å². The fourth-order valence-electron chi connectivity index (χ4n) is 3.02. The molecule has 0 bridgehead atoms. The number of likely N-dealkylation sites (tertiary alicyclic amines) is 1. The van der Waals surface area contributed by atoms with E-state index in [1.54, 1.807) is 0 Å². The Balaban J connectivity index is 1.84. The van der Waals surface area contributed by atoms with E-state index in [9.17, 15) is 9.59 Å². The van der Waals surface area contributed by atoms with Gasteiger partial charge in [-0.2, -0.15) is 0 Å². The largest absolute Gasteiger partial charge is 0.342 e. The van der Waals surface area contributed by atoms with Gasteiger partial charge in [-0.05, 0) is 37.8 Å². The molecule has 120 valence electrons. The Morgan fingerprint density at radius 3 is 2.27 bits per heavy atom. The summed E-state index contributed by atoms with van der Waals surface area (Å²) >= 11 is 0. The number of benzene rings is 1. The van der Waals surface area contributed by atoms with E-state index in [0.717, 1.165) is 31.4 Å². The Morgan fingerprint density at radius 1 is 1.14 bits per heavy atom. The zero-order valence-electron chi connectivity index (χ0n) is 13.5. The summed E-state index contributed by atoms with van der Waals surface area (Å²) in [6.07, 6.45) is 3.29. The number of nitrogens with zero attached hydrogens (tertiary/aromatic N) is 1. The maximum atomic E-state index is 12.4. The van der Waals surface area contributed by atoms with E-state index < -0.39 is 0 Å². The standard InChI is InChI=1S/C18H26N2O2/c1-3-14(4-2)18(22)20-12-10-15(11-13-20)17(21)19-16-8-6-5-7-9-16/h5-9,14-15H,3-4,10-13H2,1-2H3,(H,19,21). The third kappa shape index (κ3) is 4.09. The molecule has 0 spiro atoms. The van der Waals surface area contributed by atoms with Crippen molar-refractivity contribution >= 4 is 17.5 Å². The second-order valence-corrected chi connectivity index (χ2v) is 5.97. The van der Waals surface area contributed by atoms with Crippen molar-refractivity contribution in [3.05, 3.63) is 30.3 Å². The number of anilines is 1. The molecule has 1 aliphatic rings. The van der Waals surface area contributed by atoms with Gasteiger partial charge in [0.15, 0.2) is 0 Å². The maximum absolute atomic E-state index is 12.4. The molecule has 22 heavy (non-hydrogen) atoms. The van der Waals surface area contributed by atoms with Crippen molar-refractivity contribution in [3.63, 3.8) is 0 Å². The van der Waals surface area contributed by atoms with Crippen molar-refractivity contribution in [2.45, 2.75) is 39.5 Å². The van der Waals surface area contributed by atoms with Crippen LogP contribution in [0.4, 0.5) is 5.69 Å². The van der Waals surface area contributed by atoms with Crippen LogP contribution in [-0.4, -0.2) is 29.8 Å². The highest BCUT2D eigenvalue weighted by Crippen LogP contribution is 2.22. The Labute approximate surface area is 132 Å². The Hall–Kier alpha value is -1.84. The van der Waals surface area contributed by atoms with Gasteiger partial charge in [-0.15, -0.1) is 0 Å². The molecule has 0 aromatic heterocycles. The summed E-state index contributed by atoms with van der Waals surface area (Å²) in [5.74, 6) is 0.466. The molecule has 0 unspecified atom stereocenters. The average molecular weight is 302 g/mol. The van der Waals surface area contributed by atoms with Gasteiger partial charge < -0.3 is 10.2 Å². The predicted molar refractivity (Wildman–Crippen MR) is 88.4 cm³/mol. The molecule has 1 aromatic rings. The van der Waals surface area contributed by atoms with E-state index in [-0.39, 0.29) is 23.7 Å². The smallest absolute Gasteiger partial charge is 0.227 e. The third-order valence-electron chi connectivity index (χ3n) is 4.55. The molecule has 1 N–H and O–H groups in total. The topological polar surface area (TPSA) is 49.4 Å². The zero-order chi connectivity index (χ0) is 15.9. The van der Waals surface area contributed by atoms with Crippen molar-refractivity contribution in [3.8, 4) is 0 Å². The molecule has 4 heteroatoms. The van der Waals surface area contributed by atoms with Crippen molar-refractivity contribution < 1.29 is 9.59 Å². The molecule has 0 saturated carbocycles. The summed E-state index contributed by atoms with van der Waals surface area (Å²) in [5.41, 5.74) is 0.836. The molecule has 0 aliphatic carbocycles. The van der Waals surface area contributed by atoms with E-state index in [4.69, 9.17) is 0 Å². The van der Waals surface area contributed by atoms with E-state index >= 15 is 0 Å². The van der Waals surface area contributed by atoms with Crippen LogP contribution in [0.3, 0.4) is 0 Å². The first-order valence-electron chi connectivity index (χ1n) is 8.30. The fourth-order valence-corrected chi connectivity index (χ4v) is 3.02. The highest BCUT2D eigenvalue weighted by Gasteiger charge is 2.29. The lowest BCUT2D eigenvalue weighted by molar-refractivity contribution is -0.138. The number of nitrogens with one attached hydrogen (secondary N) is 1. The number of para-hydroxylation sites is 1. The second kappa shape index (κ2) is 7.97. The molecular weight excluding hydrogens is 276 g/mol. The number of amides is 2. The van der Waals surface area contributed by atoms with Crippen LogP contribution in [0.1, 0.15) is 39.5 Å². The maximum Gasteiger partial charge on any atom is 0.227 e. The summed E-state index contributed by atoms with van der Waals surface area (Å²) in [4.78, 5) is 26.6. The number of hydrogen-bond acceptors (Lipinski definition) is 2. The minimum Gasteiger partial charge on any atom is -0.342 e. The molecule has 1 saturated heterocycles. The van der Waals surface area contributed by atoms with Gasteiger partial charge in [0.2, 0.25) is 11.8 Å². The number of piperidine rings is 1. The van der Waals surface area contributed by atoms with Crippen molar-refractivity contribution in [2.75, 3.05) is 18.4 Å². The van der Waals surface area contributed by atoms with Gasteiger partial charge in [-0.3, -0.25) is 9.59 Å². The number of carbonyl (C=O) groups excluding carboxylic acids is 2. The van der Waals surface area contributed by atoms with Crippen LogP contribution < -0.4 is 5.32 Å². The molecule has 0 radical (unpaired) electrons. The van der Waals surface area contributed by atoms with Crippen LogP contribution >= 0.6 is 0 Å². The molecule has 1 aromatic carbocycles. The lowest BCUT2D eigenvalue weighted by atomic mass is 9.93. The van der Waals surface area contributed by atoms with Crippen LogP contribution in [0.2, 0.25) is 0 Å². The first kappa shape index (κ1) is 16.5. The Morgan fingerprint density at radius 2 is 1.73 bits per heavy atom. The van der Waals surface area contributed by atoms with E-state index in [1.165, 1.54) is 0 Å². The normalized spacial score (nSPS) is 15.9. The summed E-state index contributed by atoms with van der Waals surface area (Å²) in [7, 11) is 0. The lowest BCUT2D eigenvalue weighted by Crippen LogP contribution is -2.43. The fraction of sp³-hybridized carbons (Fsp3) is 0.556. The highest BCUT2D eigenvalue weighted by atomic mass is 16.2. The van der Waals surface area contributed by atoms with E-state index in [2.05, 4.69) is 19.2 Å². The van der Waals surface area contributed by atoms with E-state index in [0.29, 0.717) is 13.1 Å². The van der Waals surface area contributed by atoms with Crippen LogP contribution in [0, 0.1) is 11.8 Å². The van der Waals surface area contributed by atoms with Crippen molar-refractivity contribution in [1.82, 2.24) is 4.90 Å². The van der Waals surface area contributed by atoms with Crippen LogP contribution in [0.25, 0.3) is 0 Å². The first-order valence-corrected chi connectivity index (χ1v) is 8.30. The van der Waals surface area contributed by atoms with Crippen LogP contribution in [-0.2, 0) is 9.59 Å². The second-order valence-electron chi connectivity index (χ2n) is 5.97. The number of carbonyl (C=O) groups is 2. The molecule has 0 atom stereocenters. The van der Waals surface area contributed by atoms with E-state index in [1.807, 2.05) is 35.2 Å². The summed E-state index contributed by atoms with van der Waals surface area (Å²) in [5, 5.41) is 2.96. The number of rotatable bonds is 5. The van der Waals surface area contributed by atoms with Gasteiger partial charge in [0.1, 0.15) is 0 Å². The summed E-state index contributed by atoms with van der Waals surface area (Å²) in [6, 6.07) is 9.53. The Bertz CT molecular complexity index is 489. The quantitative estimate of drug-likeness (QED) is 0.907.